The van der Waals surface area contributed by atoms with Crippen LogP contribution in [-0.2, 0) is 12.7 Å². The van der Waals surface area contributed by atoms with Gasteiger partial charge in [0, 0.05) is 17.1 Å². The molecule has 0 aliphatic carbocycles. The highest BCUT2D eigenvalue weighted by molar-refractivity contribution is 6.30. The van der Waals surface area contributed by atoms with Crippen molar-refractivity contribution >= 4 is 11.6 Å². The Kier molecular flexibility index (Phi) is 4.04. The molecule has 0 bridgehead atoms. The Balaban J connectivity index is 3.36. The zero-order valence-corrected chi connectivity index (χ0v) is 9.54. The van der Waals surface area contributed by atoms with Crippen LogP contribution in [0.3, 0.4) is 0 Å². The van der Waals surface area contributed by atoms with Gasteiger partial charge in [0.2, 0.25) is 0 Å². The van der Waals surface area contributed by atoms with Crippen LogP contribution in [0.1, 0.15) is 11.1 Å². The third-order valence-corrected chi connectivity index (χ3v) is 2.23. The number of benzene rings is 1. The van der Waals surface area contributed by atoms with Gasteiger partial charge >= 0.3 is 6.18 Å². The van der Waals surface area contributed by atoms with E-state index in [9.17, 15) is 13.2 Å². The maximum absolute atomic E-state index is 12.7. The maximum Gasteiger partial charge on any atom is 0.420 e. The molecule has 0 aliphatic rings. The monoisotopic (exact) mass is 253 g/mol. The summed E-state index contributed by atoms with van der Waals surface area (Å²) in [7, 11) is 2.84. The number of alkyl halides is 3. The summed E-state index contributed by atoms with van der Waals surface area (Å²) in [5.41, 5.74) is -0.474. The summed E-state index contributed by atoms with van der Waals surface area (Å²) in [5.74, 6) is -0.189. The summed E-state index contributed by atoms with van der Waals surface area (Å²) in [4.78, 5) is 0. The maximum atomic E-state index is 12.7. The fourth-order valence-corrected chi connectivity index (χ4v) is 1.66. The number of ether oxygens (including phenoxy) is 1. The van der Waals surface area contributed by atoms with Crippen LogP contribution in [0.5, 0.6) is 5.75 Å². The molecular formula is C10H11ClF3NO. The summed E-state index contributed by atoms with van der Waals surface area (Å²) in [5, 5.41) is 2.80. The van der Waals surface area contributed by atoms with Gasteiger partial charge in [-0.15, -0.1) is 0 Å². The summed E-state index contributed by atoms with van der Waals surface area (Å²) in [6, 6.07) is 2.31. The highest BCUT2D eigenvalue weighted by atomic mass is 35.5. The molecule has 0 amide bonds. The highest BCUT2D eigenvalue weighted by Gasteiger charge is 2.35. The molecule has 6 heteroatoms. The molecule has 0 radical (unpaired) electrons. The molecule has 0 unspecified atom stereocenters. The lowest BCUT2D eigenvalue weighted by molar-refractivity contribution is -0.138. The predicted octanol–water partition coefficient (Wildman–Crippen LogP) is 3.09. The van der Waals surface area contributed by atoms with E-state index in [1.165, 1.54) is 13.2 Å². The molecule has 90 valence electrons. The molecule has 1 N–H and O–H groups in total. The minimum Gasteiger partial charge on any atom is -0.496 e. The van der Waals surface area contributed by atoms with Gasteiger partial charge in [0.1, 0.15) is 5.75 Å². The average molecular weight is 254 g/mol. The first kappa shape index (κ1) is 13.1. The fourth-order valence-electron chi connectivity index (χ4n) is 1.42. The summed E-state index contributed by atoms with van der Waals surface area (Å²) < 4.78 is 42.8. The summed E-state index contributed by atoms with van der Waals surface area (Å²) in [6.07, 6.45) is -4.47. The largest absolute Gasteiger partial charge is 0.496 e. The Hall–Kier alpha value is -0.940. The van der Waals surface area contributed by atoms with E-state index in [4.69, 9.17) is 16.3 Å². The lowest BCUT2D eigenvalue weighted by Crippen LogP contribution is -2.12. The van der Waals surface area contributed by atoms with Gasteiger partial charge < -0.3 is 10.1 Å². The highest BCUT2D eigenvalue weighted by Crippen LogP contribution is 2.39. The number of methoxy groups -OCH3 is 1. The topological polar surface area (TPSA) is 21.3 Å². The average Bonchev–Trinajstić information content (AvgIpc) is 2.16. The zero-order valence-electron chi connectivity index (χ0n) is 8.78. The molecule has 0 aliphatic heterocycles. The molecular weight excluding hydrogens is 243 g/mol. The van der Waals surface area contributed by atoms with Crippen molar-refractivity contribution < 1.29 is 17.9 Å². The molecule has 0 spiro atoms. The molecule has 16 heavy (non-hydrogen) atoms. The lowest BCUT2D eigenvalue weighted by Gasteiger charge is -2.16. The lowest BCUT2D eigenvalue weighted by atomic mass is 10.1. The van der Waals surface area contributed by atoms with Gasteiger partial charge in [-0.3, -0.25) is 0 Å². The molecule has 0 aromatic heterocycles. The Morgan fingerprint density at radius 3 is 2.44 bits per heavy atom. The van der Waals surface area contributed by atoms with Crippen molar-refractivity contribution in [1.82, 2.24) is 5.32 Å². The van der Waals surface area contributed by atoms with Gasteiger partial charge in [-0.25, -0.2) is 0 Å². The van der Waals surface area contributed by atoms with Crippen molar-refractivity contribution in [1.29, 1.82) is 0 Å². The predicted molar refractivity (Wildman–Crippen MR) is 55.8 cm³/mol. The van der Waals surface area contributed by atoms with E-state index in [-0.39, 0.29) is 17.3 Å². The van der Waals surface area contributed by atoms with Crippen molar-refractivity contribution in [3.8, 4) is 5.75 Å². The second-order valence-electron chi connectivity index (χ2n) is 3.17. The Morgan fingerprint density at radius 1 is 1.38 bits per heavy atom. The van der Waals surface area contributed by atoms with E-state index in [0.717, 1.165) is 6.07 Å². The van der Waals surface area contributed by atoms with E-state index < -0.39 is 11.7 Å². The first-order chi connectivity index (χ1) is 7.40. The molecule has 2 nitrogen and oxygen atoms in total. The van der Waals surface area contributed by atoms with Crippen LogP contribution in [0.15, 0.2) is 12.1 Å². The minimum absolute atomic E-state index is 0.0402. The summed E-state index contributed by atoms with van der Waals surface area (Å²) in [6.45, 7) is 0.257. The normalized spacial score (nSPS) is 11.6. The van der Waals surface area contributed by atoms with Crippen LogP contribution >= 0.6 is 11.6 Å². The number of nitrogens with one attached hydrogen (secondary N) is 1. The van der Waals surface area contributed by atoms with Crippen molar-refractivity contribution in [2.75, 3.05) is 14.2 Å². The minimum atomic E-state index is -4.47. The number of rotatable bonds is 3. The molecule has 0 fully saturated rings. The van der Waals surface area contributed by atoms with Gasteiger partial charge in [-0.1, -0.05) is 11.6 Å². The molecule has 1 aromatic carbocycles. The van der Waals surface area contributed by atoms with Crippen LogP contribution < -0.4 is 10.1 Å². The second-order valence-corrected chi connectivity index (χ2v) is 3.61. The standard InChI is InChI=1S/C10H11ClF3NO/c1-15-5-6-3-7(11)4-8(9(6)16-2)10(12,13)14/h3-4,15H,5H2,1-2H3. The van der Waals surface area contributed by atoms with Gasteiger partial charge in [-0.05, 0) is 19.2 Å². The van der Waals surface area contributed by atoms with E-state index in [1.807, 2.05) is 0 Å². The van der Waals surface area contributed by atoms with E-state index in [2.05, 4.69) is 5.32 Å². The second kappa shape index (κ2) is 4.93. The quantitative estimate of drug-likeness (QED) is 0.894. The van der Waals surface area contributed by atoms with Gasteiger partial charge in [0.25, 0.3) is 0 Å². The van der Waals surface area contributed by atoms with Crippen LogP contribution in [0, 0.1) is 0 Å². The van der Waals surface area contributed by atoms with Crippen LogP contribution in [0.4, 0.5) is 13.2 Å². The summed E-state index contributed by atoms with van der Waals surface area (Å²) >= 11 is 5.64. The van der Waals surface area contributed by atoms with E-state index in [1.54, 1.807) is 7.05 Å². The Bertz CT molecular complexity index is 379. The number of hydrogen-bond acceptors (Lipinski definition) is 2. The molecule has 0 heterocycles. The fraction of sp³-hybridized carbons (Fsp3) is 0.400. The zero-order chi connectivity index (χ0) is 12.3. The molecule has 0 atom stereocenters. The van der Waals surface area contributed by atoms with Gasteiger partial charge in [-0.2, -0.15) is 13.2 Å². The number of halogens is 4. The molecule has 0 saturated carbocycles. The number of hydrogen-bond donors (Lipinski definition) is 1. The van der Waals surface area contributed by atoms with Gasteiger partial charge in [0.05, 0.1) is 12.7 Å². The van der Waals surface area contributed by atoms with Crippen LogP contribution in [0.2, 0.25) is 5.02 Å². The van der Waals surface area contributed by atoms with Crippen LogP contribution in [0.25, 0.3) is 0 Å². The Morgan fingerprint density at radius 2 is 2.00 bits per heavy atom. The van der Waals surface area contributed by atoms with Crippen molar-refractivity contribution in [3.05, 3.63) is 28.3 Å². The molecule has 1 aromatic rings. The smallest absolute Gasteiger partial charge is 0.420 e. The first-order valence-corrected chi connectivity index (χ1v) is 4.86. The van der Waals surface area contributed by atoms with Crippen molar-refractivity contribution in [2.24, 2.45) is 0 Å². The van der Waals surface area contributed by atoms with E-state index >= 15 is 0 Å². The van der Waals surface area contributed by atoms with E-state index in [0.29, 0.717) is 5.56 Å². The first-order valence-electron chi connectivity index (χ1n) is 4.48. The third kappa shape index (κ3) is 2.80. The molecule has 1 rings (SSSR count). The SMILES string of the molecule is CNCc1cc(Cl)cc(C(F)(F)F)c1OC. The van der Waals surface area contributed by atoms with Crippen molar-refractivity contribution in [3.63, 3.8) is 0 Å². The van der Waals surface area contributed by atoms with Gasteiger partial charge in [0.15, 0.2) is 0 Å². The van der Waals surface area contributed by atoms with Crippen LogP contribution in [-0.4, -0.2) is 14.2 Å². The Labute approximate surface area is 96.4 Å². The third-order valence-electron chi connectivity index (χ3n) is 2.01. The van der Waals surface area contributed by atoms with Crippen molar-refractivity contribution in [2.45, 2.75) is 12.7 Å². The molecule has 0 saturated heterocycles.